The zero-order chi connectivity index (χ0) is 27.9. The van der Waals surface area contributed by atoms with Crippen LogP contribution in [0.2, 0.25) is 0 Å². The molecule has 3 aliphatic rings. The molecule has 0 aromatic heterocycles. The van der Waals surface area contributed by atoms with E-state index in [0.29, 0.717) is 0 Å². The van der Waals surface area contributed by atoms with Gasteiger partial charge in [-0.25, -0.2) is 4.99 Å². The first-order chi connectivity index (χ1) is 20.3. The second-order valence-electron chi connectivity index (χ2n) is 10.0. The summed E-state index contributed by atoms with van der Waals surface area (Å²) in [4.78, 5) is 5.19. The van der Waals surface area contributed by atoms with Crippen LogP contribution >= 0.6 is 7.92 Å². The third-order valence-corrected chi connectivity index (χ3v) is 9.67. The van der Waals surface area contributed by atoms with Crippen molar-refractivity contribution in [3.63, 3.8) is 0 Å². The Morgan fingerprint density at radius 1 is 0.571 bits per heavy atom. The van der Waals surface area contributed by atoms with E-state index in [1.807, 2.05) is 25.0 Å². The summed E-state index contributed by atoms with van der Waals surface area (Å²) in [5.74, 6) is 3.16. The van der Waals surface area contributed by atoms with Crippen molar-refractivity contribution in [1.82, 2.24) is 0 Å². The molecule has 1 heterocycles. The van der Waals surface area contributed by atoms with Crippen molar-refractivity contribution in [2.45, 2.75) is 19.1 Å². The first kappa shape index (κ1) is 30.7. The molecule has 0 saturated heterocycles. The Labute approximate surface area is 264 Å². The van der Waals surface area contributed by atoms with Gasteiger partial charge in [-0.1, -0.05) is 128 Å². The summed E-state index contributed by atoms with van der Waals surface area (Å²) in [6.07, 6.45) is 14.6. The molecule has 10 radical (unpaired) electrons. The molecule has 2 atom stereocenters. The van der Waals surface area contributed by atoms with Gasteiger partial charge in [0.1, 0.15) is 6.04 Å². The van der Waals surface area contributed by atoms with E-state index in [9.17, 15) is 0 Å². The van der Waals surface area contributed by atoms with Gasteiger partial charge in [-0.3, -0.25) is 0 Å². The Bertz CT molecular complexity index is 1340. The van der Waals surface area contributed by atoms with E-state index in [-0.39, 0.29) is 29.2 Å². The third kappa shape index (κ3) is 7.26. The molecule has 2 saturated carbocycles. The minimum absolute atomic E-state index is 0. The molecule has 208 valence electrons. The molecule has 0 amide bonds. The molecule has 2 aliphatic carbocycles. The number of rotatable bonds is 6. The van der Waals surface area contributed by atoms with E-state index in [1.165, 1.54) is 22.2 Å². The van der Waals surface area contributed by atoms with E-state index < -0.39 is 7.92 Å². The van der Waals surface area contributed by atoms with Gasteiger partial charge in [0.05, 0.1) is 5.92 Å². The van der Waals surface area contributed by atoms with Crippen LogP contribution in [-0.4, -0.2) is 5.90 Å². The van der Waals surface area contributed by atoms with E-state index in [2.05, 4.69) is 148 Å². The summed E-state index contributed by atoms with van der Waals surface area (Å²) < 4.78 is 6.68. The van der Waals surface area contributed by atoms with Crippen LogP contribution in [0.5, 0.6) is 0 Å². The zero-order valence-electron chi connectivity index (χ0n) is 23.4. The van der Waals surface area contributed by atoms with Crippen LogP contribution in [0.4, 0.5) is 0 Å². The van der Waals surface area contributed by atoms with Gasteiger partial charge in [-0.2, -0.15) is 0 Å². The predicted molar refractivity (Wildman–Crippen MR) is 171 cm³/mol. The monoisotopic (exact) mass is 605 g/mol. The SMILES string of the molecule is C[C]1[CH][CH][CH][CH]1.[CH]1[CH][C](C2=N[C@H](c3ccccc3)[C@@H](c3ccccc3)O2)[C](P(c2ccccc2)c2ccccc2)[CH]1.[Fe]. The minimum atomic E-state index is -0.744. The van der Waals surface area contributed by atoms with Gasteiger partial charge in [0.15, 0.2) is 12.0 Å². The summed E-state index contributed by atoms with van der Waals surface area (Å²) in [7, 11) is -0.744. The summed E-state index contributed by atoms with van der Waals surface area (Å²) in [5, 5.41) is 2.64. The van der Waals surface area contributed by atoms with Gasteiger partial charge >= 0.3 is 0 Å². The summed E-state index contributed by atoms with van der Waals surface area (Å²) in [6, 6.07) is 42.4. The van der Waals surface area contributed by atoms with Crippen LogP contribution in [0.3, 0.4) is 0 Å². The molecule has 0 unspecified atom stereocenters. The smallest absolute Gasteiger partial charge is 0.193 e. The van der Waals surface area contributed by atoms with Crippen LogP contribution in [0.25, 0.3) is 0 Å². The molecule has 0 N–H and O–H groups in total. The fourth-order valence-electron chi connectivity index (χ4n) is 5.17. The quantitative estimate of drug-likeness (QED) is 0.161. The Balaban J connectivity index is 0.000000451. The molecule has 4 heteroatoms. The standard InChI is InChI=1S/C32H25NOP.C6H7.Fe/c1-5-14-24(15-6-1)30-31(25-16-7-2-8-17-25)34-32(33-30)28-22-13-23-29(28)35(26-18-9-3-10-19-26)27-20-11-4-12-21-27;1-6-4-2-3-5-6;/h1-23,30-31H;2-5H,1H3;/t30-,31-;;/m1../s1. The maximum absolute atomic E-state index is 6.68. The van der Waals surface area contributed by atoms with Gasteiger partial charge in [0, 0.05) is 22.7 Å². The van der Waals surface area contributed by atoms with Gasteiger partial charge in [-0.05, 0) is 80.5 Å². The normalized spacial score (nSPS) is 20.9. The van der Waals surface area contributed by atoms with E-state index >= 15 is 0 Å². The predicted octanol–water partition coefficient (Wildman–Crippen LogP) is 8.17. The first-order valence-electron chi connectivity index (χ1n) is 14.0. The molecule has 2 fully saturated rings. The summed E-state index contributed by atoms with van der Waals surface area (Å²) in [5.41, 5.74) is 3.58. The van der Waals surface area contributed by atoms with Crippen molar-refractivity contribution in [2.24, 2.45) is 4.99 Å². The maximum Gasteiger partial charge on any atom is 0.193 e. The van der Waals surface area contributed by atoms with Crippen molar-refractivity contribution in [3.05, 3.63) is 195 Å². The van der Waals surface area contributed by atoms with Gasteiger partial charge in [0.2, 0.25) is 0 Å². The van der Waals surface area contributed by atoms with Crippen LogP contribution in [-0.2, 0) is 21.8 Å². The number of ether oxygens (including phenoxy) is 1. The summed E-state index contributed by atoms with van der Waals surface area (Å²) in [6.45, 7) is 2.08. The molecule has 2 nitrogen and oxygen atoms in total. The van der Waals surface area contributed by atoms with Crippen molar-refractivity contribution in [3.8, 4) is 0 Å². The van der Waals surface area contributed by atoms with E-state index in [4.69, 9.17) is 9.73 Å². The first-order valence-corrected chi connectivity index (χ1v) is 15.3. The number of aliphatic imine (C=N–C) groups is 1. The molecular weight excluding hydrogens is 573 g/mol. The number of hydrogen-bond donors (Lipinski definition) is 0. The Hall–Kier alpha value is -2.70. The van der Waals surface area contributed by atoms with Gasteiger partial charge in [-0.15, -0.1) is 0 Å². The number of hydrogen-bond acceptors (Lipinski definition) is 2. The fraction of sp³-hybridized carbons (Fsp3) is 0.0789. The van der Waals surface area contributed by atoms with Crippen molar-refractivity contribution in [2.75, 3.05) is 0 Å². The number of nitrogens with zero attached hydrogens (tertiary/aromatic N) is 1. The molecule has 42 heavy (non-hydrogen) atoms. The number of benzene rings is 4. The Morgan fingerprint density at radius 2 is 1.07 bits per heavy atom. The fourth-order valence-corrected chi connectivity index (χ4v) is 7.61. The minimum Gasteiger partial charge on any atom is -0.470 e. The van der Waals surface area contributed by atoms with Crippen LogP contribution in [0, 0.1) is 62.4 Å². The van der Waals surface area contributed by atoms with E-state index in [0.717, 1.165) is 22.9 Å². The zero-order valence-corrected chi connectivity index (χ0v) is 25.4. The molecule has 0 bridgehead atoms. The van der Waals surface area contributed by atoms with E-state index in [1.54, 1.807) is 0 Å². The average molecular weight is 605 g/mol. The van der Waals surface area contributed by atoms with Crippen molar-refractivity contribution in [1.29, 1.82) is 0 Å². The third-order valence-electron chi connectivity index (χ3n) is 7.17. The molecule has 7 rings (SSSR count). The summed E-state index contributed by atoms with van der Waals surface area (Å²) >= 11 is 0. The molecule has 4 aromatic rings. The maximum atomic E-state index is 6.68. The van der Waals surface area contributed by atoms with Crippen LogP contribution < -0.4 is 10.6 Å². The largest absolute Gasteiger partial charge is 0.470 e. The topological polar surface area (TPSA) is 21.6 Å². The average Bonchev–Trinajstić information content (AvgIpc) is 3.81. The van der Waals surface area contributed by atoms with Gasteiger partial charge in [0.25, 0.3) is 0 Å². The second-order valence-corrected chi connectivity index (χ2v) is 12.2. The Morgan fingerprint density at radius 3 is 1.57 bits per heavy atom. The molecule has 1 aliphatic heterocycles. The van der Waals surface area contributed by atoms with Crippen molar-refractivity contribution < 1.29 is 21.8 Å². The molecule has 0 spiro atoms. The second kappa shape index (κ2) is 15.2. The Kier molecular flexibility index (Phi) is 11.1. The molecule has 4 aromatic carbocycles. The van der Waals surface area contributed by atoms with Gasteiger partial charge < -0.3 is 4.74 Å². The molecular formula is C38H32FeNOP. The van der Waals surface area contributed by atoms with Crippen molar-refractivity contribution >= 4 is 24.4 Å². The van der Waals surface area contributed by atoms with Crippen LogP contribution in [0.1, 0.15) is 30.2 Å². The van der Waals surface area contributed by atoms with Crippen LogP contribution in [0.15, 0.2) is 126 Å².